The second-order valence-electron chi connectivity index (χ2n) is 4.98. The molecule has 0 atom stereocenters. The molecule has 0 N–H and O–H groups in total. The van der Waals surface area contributed by atoms with Gasteiger partial charge >= 0.3 is 6.16 Å². The van der Waals surface area contributed by atoms with Crippen molar-refractivity contribution in [3.8, 4) is 5.75 Å². The number of hydrogen-bond acceptors (Lipinski definition) is 4. The van der Waals surface area contributed by atoms with Crippen LogP contribution in [0.15, 0.2) is 17.0 Å². The summed E-state index contributed by atoms with van der Waals surface area (Å²) >= 11 is 4.26. The SMILES string of the molecule is Cc1cc(S)cc(C)c1OC(=O)OC(C)(C)C. The molecule has 0 aromatic heterocycles. The summed E-state index contributed by atoms with van der Waals surface area (Å²) in [5.74, 6) is 0.539. The lowest BCUT2D eigenvalue weighted by molar-refractivity contribution is 0.0203. The van der Waals surface area contributed by atoms with E-state index in [1.54, 1.807) is 20.8 Å². The van der Waals surface area contributed by atoms with Gasteiger partial charge in [-0.3, -0.25) is 0 Å². The molecule has 0 bridgehead atoms. The zero-order valence-corrected chi connectivity index (χ0v) is 11.7. The van der Waals surface area contributed by atoms with Crippen LogP contribution in [0.5, 0.6) is 5.75 Å². The van der Waals surface area contributed by atoms with Crippen molar-refractivity contribution >= 4 is 18.8 Å². The minimum Gasteiger partial charge on any atom is -0.428 e. The van der Waals surface area contributed by atoms with E-state index in [1.807, 2.05) is 26.0 Å². The van der Waals surface area contributed by atoms with Crippen LogP contribution < -0.4 is 4.74 Å². The number of carbonyl (C=O) groups is 1. The molecular weight excluding hydrogens is 236 g/mol. The van der Waals surface area contributed by atoms with Crippen molar-refractivity contribution < 1.29 is 14.3 Å². The highest BCUT2D eigenvalue weighted by molar-refractivity contribution is 7.80. The molecule has 3 nitrogen and oxygen atoms in total. The molecule has 0 saturated carbocycles. The number of hydrogen-bond donors (Lipinski definition) is 1. The van der Waals surface area contributed by atoms with Crippen LogP contribution in [0.3, 0.4) is 0 Å². The molecule has 0 spiro atoms. The van der Waals surface area contributed by atoms with Gasteiger partial charge < -0.3 is 9.47 Å². The maximum absolute atomic E-state index is 11.6. The fourth-order valence-corrected chi connectivity index (χ4v) is 1.83. The van der Waals surface area contributed by atoms with E-state index in [0.717, 1.165) is 16.0 Å². The first kappa shape index (κ1) is 13.9. The van der Waals surface area contributed by atoms with Crippen molar-refractivity contribution in [1.29, 1.82) is 0 Å². The minimum absolute atomic E-state index is 0.539. The Bertz CT molecular complexity index is 410. The topological polar surface area (TPSA) is 35.5 Å². The lowest BCUT2D eigenvalue weighted by Gasteiger charge is -2.19. The van der Waals surface area contributed by atoms with Crippen LogP contribution in [-0.2, 0) is 4.74 Å². The Morgan fingerprint density at radius 2 is 1.65 bits per heavy atom. The first-order chi connectivity index (χ1) is 7.69. The van der Waals surface area contributed by atoms with Crippen molar-refractivity contribution in [2.24, 2.45) is 0 Å². The smallest absolute Gasteiger partial charge is 0.428 e. The van der Waals surface area contributed by atoms with Crippen LogP contribution in [0.25, 0.3) is 0 Å². The van der Waals surface area contributed by atoms with Crippen LogP contribution >= 0.6 is 12.6 Å². The van der Waals surface area contributed by atoms with E-state index in [0.29, 0.717) is 5.75 Å². The lowest BCUT2D eigenvalue weighted by atomic mass is 10.1. The monoisotopic (exact) mass is 254 g/mol. The summed E-state index contributed by atoms with van der Waals surface area (Å²) in [4.78, 5) is 12.4. The van der Waals surface area contributed by atoms with Gasteiger partial charge in [0.1, 0.15) is 11.4 Å². The van der Waals surface area contributed by atoms with Gasteiger partial charge in [0, 0.05) is 4.90 Å². The molecule has 0 heterocycles. The largest absolute Gasteiger partial charge is 0.514 e. The fraction of sp³-hybridized carbons (Fsp3) is 0.462. The fourth-order valence-electron chi connectivity index (χ4n) is 1.44. The summed E-state index contributed by atoms with van der Waals surface area (Å²) in [7, 11) is 0. The number of thiol groups is 1. The van der Waals surface area contributed by atoms with Gasteiger partial charge in [0.2, 0.25) is 0 Å². The van der Waals surface area contributed by atoms with Crippen molar-refractivity contribution in [1.82, 2.24) is 0 Å². The third-order valence-corrected chi connectivity index (χ3v) is 2.28. The highest BCUT2D eigenvalue weighted by Gasteiger charge is 2.19. The van der Waals surface area contributed by atoms with E-state index >= 15 is 0 Å². The van der Waals surface area contributed by atoms with E-state index in [2.05, 4.69) is 12.6 Å². The molecule has 0 aliphatic rings. The van der Waals surface area contributed by atoms with Crippen LogP contribution in [0.4, 0.5) is 4.79 Å². The predicted molar refractivity (Wildman–Crippen MR) is 70.0 cm³/mol. The summed E-state index contributed by atoms with van der Waals surface area (Å²) in [5, 5.41) is 0. The number of rotatable bonds is 1. The van der Waals surface area contributed by atoms with Gasteiger partial charge in [-0.15, -0.1) is 12.6 Å². The van der Waals surface area contributed by atoms with Crippen LogP contribution in [-0.4, -0.2) is 11.8 Å². The number of benzene rings is 1. The molecule has 1 aromatic carbocycles. The third-order valence-electron chi connectivity index (χ3n) is 2.02. The Hall–Kier alpha value is -1.16. The number of aryl methyl sites for hydroxylation is 2. The minimum atomic E-state index is -0.685. The number of carbonyl (C=O) groups excluding carboxylic acids is 1. The molecular formula is C13H18O3S. The Balaban J connectivity index is 2.86. The Kier molecular flexibility index (Phi) is 4.09. The van der Waals surface area contributed by atoms with Crippen LogP contribution in [0, 0.1) is 13.8 Å². The van der Waals surface area contributed by atoms with Gasteiger partial charge in [-0.05, 0) is 57.9 Å². The molecule has 94 valence electrons. The van der Waals surface area contributed by atoms with Crippen LogP contribution in [0.2, 0.25) is 0 Å². The van der Waals surface area contributed by atoms with E-state index in [-0.39, 0.29) is 0 Å². The van der Waals surface area contributed by atoms with Crippen molar-refractivity contribution in [3.05, 3.63) is 23.3 Å². The molecule has 4 heteroatoms. The molecule has 0 radical (unpaired) electrons. The third kappa shape index (κ3) is 4.30. The van der Waals surface area contributed by atoms with Gasteiger partial charge in [0.25, 0.3) is 0 Å². The highest BCUT2D eigenvalue weighted by atomic mass is 32.1. The average Bonchev–Trinajstić information content (AvgIpc) is 2.08. The van der Waals surface area contributed by atoms with Crippen molar-refractivity contribution in [3.63, 3.8) is 0 Å². The van der Waals surface area contributed by atoms with Gasteiger partial charge in [0.15, 0.2) is 0 Å². The molecule has 0 aliphatic heterocycles. The average molecular weight is 254 g/mol. The normalized spacial score (nSPS) is 11.2. The standard InChI is InChI=1S/C13H18O3S/c1-8-6-10(17)7-9(2)11(8)15-12(14)16-13(3,4)5/h6-7,17H,1-5H3. The maximum Gasteiger partial charge on any atom is 0.514 e. The molecule has 0 saturated heterocycles. The zero-order chi connectivity index (χ0) is 13.2. The summed E-state index contributed by atoms with van der Waals surface area (Å²) < 4.78 is 10.3. The molecule has 1 rings (SSSR count). The lowest BCUT2D eigenvalue weighted by Crippen LogP contribution is -2.26. The van der Waals surface area contributed by atoms with E-state index in [1.165, 1.54) is 0 Å². The maximum atomic E-state index is 11.6. The van der Waals surface area contributed by atoms with Gasteiger partial charge in [-0.25, -0.2) is 4.79 Å². The summed E-state index contributed by atoms with van der Waals surface area (Å²) in [6.45, 7) is 9.12. The van der Waals surface area contributed by atoms with Gasteiger partial charge in [-0.1, -0.05) is 0 Å². The van der Waals surface area contributed by atoms with Crippen LogP contribution in [0.1, 0.15) is 31.9 Å². The zero-order valence-electron chi connectivity index (χ0n) is 10.8. The van der Waals surface area contributed by atoms with Crippen molar-refractivity contribution in [2.75, 3.05) is 0 Å². The summed E-state index contributed by atoms with van der Waals surface area (Å²) in [6, 6.07) is 3.69. The second kappa shape index (κ2) is 5.00. The molecule has 1 aromatic rings. The van der Waals surface area contributed by atoms with Gasteiger partial charge in [0.05, 0.1) is 0 Å². The predicted octanol–water partition coefficient (Wildman–Crippen LogP) is 3.91. The Morgan fingerprint density at radius 3 is 2.06 bits per heavy atom. The quantitative estimate of drug-likeness (QED) is 0.469. The summed E-state index contributed by atoms with van der Waals surface area (Å²) in [5.41, 5.74) is 1.17. The molecule has 0 unspecified atom stereocenters. The van der Waals surface area contributed by atoms with E-state index in [4.69, 9.17) is 9.47 Å². The van der Waals surface area contributed by atoms with E-state index in [9.17, 15) is 4.79 Å². The van der Waals surface area contributed by atoms with Gasteiger partial charge in [-0.2, -0.15) is 0 Å². The molecule has 17 heavy (non-hydrogen) atoms. The highest BCUT2D eigenvalue weighted by Crippen LogP contribution is 2.27. The second-order valence-corrected chi connectivity index (χ2v) is 5.49. The van der Waals surface area contributed by atoms with E-state index < -0.39 is 11.8 Å². The first-order valence-corrected chi connectivity index (χ1v) is 5.85. The molecule has 0 amide bonds. The Morgan fingerprint density at radius 1 is 1.18 bits per heavy atom. The number of ether oxygens (including phenoxy) is 2. The summed E-state index contributed by atoms with van der Waals surface area (Å²) in [6.07, 6.45) is -0.685. The molecule has 0 aliphatic carbocycles. The van der Waals surface area contributed by atoms with Crippen molar-refractivity contribution in [2.45, 2.75) is 45.1 Å². The first-order valence-electron chi connectivity index (χ1n) is 5.40. The Labute approximate surface area is 108 Å². The molecule has 0 fully saturated rings.